The van der Waals surface area contributed by atoms with Crippen molar-refractivity contribution in [1.29, 1.82) is 0 Å². The van der Waals surface area contributed by atoms with Gasteiger partial charge in [-0.1, -0.05) is 0 Å². The first-order valence-electron chi connectivity index (χ1n) is 9.63. The lowest BCUT2D eigenvalue weighted by Crippen LogP contribution is -2.38. The number of carbonyl (C=O) groups is 3. The second-order valence-corrected chi connectivity index (χ2v) is 7.27. The third-order valence-electron chi connectivity index (χ3n) is 5.11. The highest BCUT2D eigenvalue weighted by molar-refractivity contribution is 5.99. The van der Waals surface area contributed by atoms with E-state index in [9.17, 15) is 14.4 Å². The number of nitrogens with zero attached hydrogens (tertiary/aromatic N) is 1. The largest absolute Gasteiger partial charge is 0.466 e. The summed E-state index contributed by atoms with van der Waals surface area (Å²) in [5.41, 5.74) is 7.48. The van der Waals surface area contributed by atoms with E-state index < -0.39 is 0 Å². The number of piperidine rings is 1. The van der Waals surface area contributed by atoms with Gasteiger partial charge in [-0.25, -0.2) is 0 Å². The van der Waals surface area contributed by atoms with Crippen molar-refractivity contribution < 1.29 is 18.8 Å². The number of hydrogen-bond donors (Lipinski definition) is 3. The Morgan fingerprint density at radius 3 is 2.34 bits per heavy atom. The average Bonchev–Trinajstić information content (AvgIpc) is 3.05. The van der Waals surface area contributed by atoms with Gasteiger partial charge in [0.25, 0.3) is 5.91 Å². The van der Waals surface area contributed by atoms with Gasteiger partial charge in [0.2, 0.25) is 11.8 Å². The third kappa shape index (κ3) is 5.16. The van der Waals surface area contributed by atoms with Crippen molar-refractivity contribution in [2.45, 2.75) is 26.7 Å². The lowest BCUT2D eigenvalue weighted by Gasteiger charge is -2.32. The van der Waals surface area contributed by atoms with Crippen LogP contribution in [0.1, 0.15) is 34.7 Å². The van der Waals surface area contributed by atoms with Gasteiger partial charge < -0.3 is 25.7 Å². The molecular formula is C21H26N4O4. The molecule has 3 rings (SSSR count). The second-order valence-electron chi connectivity index (χ2n) is 7.27. The number of amides is 3. The Morgan fingerprint density at radius 2 is 1.79 bits per heavy atom. The highest BCUT2D eigenvalue weighted by Gasteiger charge is 2.23. The maximum absolute atomic E-state index is 12.1. The molecule has 8 nitrogen and oxygen atoms in total. The minimum Gasteiger partial charge on any atom is -0.466 e. The first-order valence-corrected chi connectivity index (χ1v) is 9.63. The molecule has 0 atom stereocenters. The lowest BCUT2D eigenvalue weighted by atomic mass is 9.96. The lowest BCUT2D eigenvalue weighted by molar-refractivity contribution is -0.122. The second kappa shape index (κ2) is 8.81. The minimum atomic E-state index is -0.343. The van der Waals surface area contributed by atoms with Gasteiger partial charge in [0.1, 0.15) is 11.5 Å². The van der Waals surface area contributed by atoms with Crippen LogP contribution in [0.3, 0.4) is 0 Å². The van der Waals surface area contributed by atoms with E-state index in [-0.39, 0.29) is 30.2 Å². The molecule has 8 heteroatoms. The third-order valence-corrected chi connectivity index (χ3v) is 5.11. The number of hydrogen-bond acceptors (Lipinski definition) is 5. The monoisotopic (exact) mass is 398 g/mol. The summed E-state index contributed by atoms with van der Waals surface area (Å²) in [4.78, 5) is 37.7. The van der Waals surface area contributed by atoms with Crippen LogP contribution in [-0.2, 0) is 9.59 Å². The molecule has 1 aliphatic heterocycles. The topological polar surface area (TPSA) is 118 Å². The summed E-state index contributed by atoms with van der Waals surface area (Å²) in [6.45, 7) is 4.89. The molecule has 3 amide bonds. The molecule has 0 saturated carbocycles. The van der Waals surface area contributed by atoms with Crippen molar-refractivity contribution in [3.05, 3.63) is 47.4 Å². The number of carbonyl (C=O) groups excluding carboxylic acids is 3. The number of rotatable bonds is 6. The molecule has 2 aromatic rings. The Balaban J connectivity index is 1.48. The van der Waals surface area contributed by atoms with Crippen LogP contribution < -0.4 is 21.3 Å². The van der Waals surface area contributed by atoms with Crippen molar-refractivity contribution in [2.24, 2.45) is 11.7 Å². The molecule has 0 spiro atoms. The van der Waals surface area contributed by atoms with Crippen LogP contribution in [0.15, 0.2) is 34.7 Å². The van der Waals surface area contributed by atoms with E-state index in [0.717, 1.165) is 31.6 Å². The average molecular weight is 398 g/mol. The Kier molecular flexibility index (Phi) is 6.21. The highest BCUT2D eigenvalue weighted by atomic mass is 16.3. The van der Waals surface area contributed by atoms with Gasteiger partial charge in [0.15, 0.2) is 0 Å². The predicted molar refractivity (Wildman–Crippen MR) is 110 cm³/mol. The summed E-state index contributed by atoms with van der Waals surface area (Å²) < 4.78 is 5.33. The van der Waals surface area contributed by atoms with E-state index >= 15 is 0 Å². The molecule has 1 saturated heterocycles. The van der Waals surface area contributed by atoms with Crippen LogP contribution >= 0.6 is 0 Å². The molecule has 0 aliphatic carbocycles. The Bertz CT molecular complexity index is 896. The maximum Gasteiger partial charge on any atom is 0.255 e. The van der Waals surface area contributed by atoms with Crippen LogP contribution in [0.5, 0.6) is 0 Å². The molecule has 29 heavy (non-hydrogen) atoms. The molecule has 154 valence electrons. The van der Waals surface area contributed by atoms with Crippen LogP contribution in [0.4, 0.5) is 11.4 Å². The Labute approximate surface area is 169 Å². The van der Waals surface area contributed by atoms with E-state index in [1.165, 1.54) is 0 Å². The summed E-state index contributed by atoms with van der Waals surface area (Å²) >= 11 is 0. The fourth-order valence-corrected chi connectivity index (χ4v) is 3.49. The Morgan fingerprint density at radius 1 is 1.14 bits per heavy atom. The van der Waals surface area contributed by atoms with Crippen molar-refractivity contribution in [1.82, 2.24) is 5.32 Å². The maximum atomic E-state index is 12.1. The molecular weight excluding hydrogens is 372 g/mol. The van der Waals surface area contributed by atoms with Gasteiger partial charge in [-0.15, -0.1) is 0 Å². The first-order chi connectivity index (χ1) is 13.8. The molecule has 2 heterocycles. The molecule has 1 aliphatic rings. The zero-order chi connectivity index (χ0) is 21.0. The van der Waals surface area contributed by atoms with Gasteiger partial charge in [0, 0.05) is 30.4 Å². The summed E-state index contributed by atoms with van der Waals surface area (Å²) in [5.74, 6) is 0.241. The quantitative estimate of drug-likeness (QED) is 0.688. The Hall–Kier alpha value is -3.29. The summed E-state index contributed by atoms with van der Waals surface area (Å²) in [6, 6.07) is 9.14. The molecule has 1 aromatic heterocycles. The van der Waals surface area contributed by atoms with Crippen molar-refractivity contribution in [3.63, 3.8) is 0 Å². The SMILES string of the molecule is Cc1cc(C(=O)NCC(=O)Nc2ccc(N3CCC(C(N)=O)CC3)cc2)c(C)o1. The number of aryl methyl sites for hydroxylation is 2. The van der Waals surface area contributed by atoms with Crippen LogP contribution in [0, 0.1) is 19.8 Å². The van der Waals surface area contributed by atoms with Crippen LogP contribution in [0.2, 0.25) is 0 Å². The molecule has 0 bridgehead atoms. The van der Waals surface area contributed by atoms with Crippen molar-refractivity contribution in [3.8, 4) is 0 Å². The zero-order valence-electron chi connectivity index (χ0n) is 16.7. The van der Waals surface area contributed by atoms with Crippen LogP contribution in [-0.4, -0.2) is 37.4 Å². The predicted octanol–water partition coefficient (Wildman–Crippen LogP) is 1.97. The molecule has 1 aromatic carbocycles. The smallest absolute Gasteiger partial charge is 0.255 e. The fourth-order valence-electron chi connectivity index (χ4n) is 3.49. The van der Waals surface area contributed by atoms with Gasteiger partial charge in [-0.3, -0.25) is 14.4 Å². The first kappa shape index (κ1) is 20.4. The standard InChI is InChI=1S/C21H26N4O4/c1-13-11-18(14(2)29-13)21(28)23-12-19(26)24-16-3-5-17(6-4-16)25-9-7-15(8-10-25)20(22)27/h3-6,11,15H,7-10,12H2,1-2H3,(H2,22,27)(H,23,28)(H,24,26). The van der Waals surface area contributed by atoms with Crippen molar-refractivity contribution in [2.75, 3.05) is 29.9 Å². The van der Waals surface area contributed by atoms with E-state index in [0.29, 0.717) is 22.8 Å². The minimum absolute atomic E-state index is 0.0465. The number of primary amides is 1. The molecule has 4 N–H and O–H groups in total. The number of anilines is 2. The molecule has 0 unspecified atom stereocenters. The fraction of sp³-hybridized carbons (Fsp3) is 0.381. The molecule has 0 radical (unpaired) electrons. The van der Waals surface area contributed by atoms with E-state index in [1.807, 2.05) is 24.3 Å². The highest BCUT2D eigenvalue weighted by Crippen LogP contribution is 2.24. The van der Waals surface area contributed by atoms with Gasteiger partial charge in [0.05, 0.1) is 12.1 Å². The number of nitrogens with two attached hydrogens (primary N) is 1. The number of benzene rings is 1. The normalized spacial score (nSPS) is 14.5. The van der Waals surface area contributed by atoms with E-state index in [1.54, 1.807) is 19.9 Å². The van der Waals surface area contributed by atoms with E-state index in [2.05, 4.69) is 15.5 Å². The van der Waals surface area contributed by atoms with Gasteiger partial charge in [-0.2, -0.15) is 0 Å². The summed E-state index contributed by atoms with van der Waals surface area (Å²) in [6.07, 6.45) is 1.51. The van der Waals surface area contributed by atoms with Gasteiger partial charge >= 0.3 is 0 Å². The van der Waals surface area contributed by atoms with Crippen LogP contribution in [0.25, 0.3) is 0 Å². The number of furan rings is 1. The van der Waals surface area contributed by atoms with Gasteiger partial charge in [-0.05, 0) is 57.0 Å². The van der Waals surface area contributed by atoms with Crippen molar-refractivity contribution >= 4 is 29.1 Å². The zero-order valence-corrected chi connectivity index (χ0v) is 16.7. The number of nitrogens with one attached hydrogen (secondary N) is 2. The summed E-state index contributed by atoms with van der Waals surface area (Å²) in [7, 11) is 0. The summed E-state index contributed by atoms with van der Waals surface area (Å²) in [5, 5.41) is 5.36. The van der Waals surface area contributed by atoms with E-state index in [4.69, 9.17) is 10.2 Å². The molecule has 1 fully saturated rings.